The number of benzene rings is 2. The summed E-state index contributed by atoms with van der Waals surface area (Å²) < 4.78 is 28.1. The highest BCUT2D eigenvalue weighted by Crippen LogP contribution is 2.29. The van der Waals surface area contributed by atoms with Crippen LogP contribution in [0.1, 0.15) is 54.4 Å². The third kappa shape index (κ3) is 5.24. The molecule has 0 spiro atoms. The molecule has 1 aliphatic carbocycles. The number of hydrogen-bond acceptors (Lipinski definition) is 3. The number of pyridine rings is 1. The molecule has 5 rings (SSSR count). The first-order valence-electron chi connectivity index (χ1n) is 12.2. The number of fused-ring (bicyclic) bond motifs is 1. The number of aromatic amines is 1. The first-order valence-corrected chi connectivity index (χ1v) is 12.2. The molecule has 4 aromatic rings. The van der Waals surface area contributed by atoms with E-state index in [1.54, 1.807) is 18.5 Å². The molecular weight excluding hydrogens is 446 g/mol. The van der Waals surface area contributed by atoms with E-state index in [0.717, 1.165) is 54.3 Å². The molecule has 0 saturated heterocycles. The number of carbonyl (C=O) groups is 1. The van der Waals surface area contributed by atoms with Crippen LogP contribution in [-0.4, -0.2) is 27.1 Å². The molecule has 1 fully saturated rings. The minimum Gasteiger partial charge on any atom is -0.349 e. The standard InChI is InChI=1S/C28H28F2N4O/c29-24-6-3-7-25(30)22(24)10-8-18-4-1-2-5-21(16-18)32-28(35)20-9-11-26-23(17-20)27(34-33-26)19-12-14-31-15-13-19/h3,6-7,9,11-15,17-18,21H,1-2,4-5,8,10,16H2,(H,32,35)(H,33,34). The Morgan fingerprint density at radius 3 is 2.60 bits per heavy atom. The molecular formula is C28H28F2N4O. The van der Waals surface area contributed by atoms with Gasteiger partial charge < -0.3 is 5.32 Å². The molecule has 0 radical (unpaired) electrons. The van der Waals surface area contributed by atoms with Crippen LogP contribution in [-0.2, 0) is 6.42 Å². The Balaban J connectivity index is 1.27. The van der Waals surface area contributed by atoms with E-state index in [2.05, 4.69) is 20.5 Å². The summed E-state index contributed by atoms with van der Waals surface area (Å²) in [6.07, 6.45) is 9.35. The second kappa shape index (κ2) is 10.3. The van der Waals surface area contributed by atoms with Crippen molar-refractivity contribution in [3.05, 3.63) is 83.7 Å². The van der Waals surface area contributed by atoms with Gasteiger partial charge in [0.15, 0.2) is 0 Å². The van der Waals surface area contributed by atoms with Crippen LogP contribution in [0.25, 0.3) is 22.2 Å². The molecule has 1 aliphatic rings. The van der Waals surface area contributed by atoms with Crippen LogP contribution in [0.3, 0.4) is 0 Å². The lowest BCUT2D eigenvalue weighted by Gasteiger charge is -2.21. The lowest BCUT2D eigenvalue weighted by atomic mass is 9.91. The first-order chi connectivity index (χ1) is 17.1. The van der Waals surface area contributed by atoms with E-state index >= 15 is 0 Å². The summed E-state index contributed by atoms with van der Waals surface area (Å²) in [5, 5.41) is 11.6. The quantitative estimate of drug-likeness (QED) is 0.326. The summed E-state index contributed by atoms with van der Waals surface area (Å²) in [7, 11) is 0. The van der Waals surface area contributed by atoms with E-state index in [-0.39, 0.29) is 17.5 Å². The number of rotatable bonds is 6. The van der Waals surface area contributed by atoms with Gasteiger partial charge in [-0.25, -0.2) is 8.78 Å². The number of nitrogens with one attached hydrogen (secondary N) is 2. The second-order valence-electron chi connectivity index (χ2n) is 9.36. The van der Waals surface area contributed by atoms with Gasteiger partial charge in [0.05, 0.1) is 5.52 Å². The summed E-state index contributed by atoms with van der Waals surface area (Å²) in [5.74, 6) is -0.760. The maximum absolute atomic E-state index is 14.0. The Morgan fingerprint density at radius 1 is 1.03 bits per heavy atom. The van der Waals surface area contributed by atoms with Crippen LogP contribution in [0.15, 0.2) is 60.9 Å². The molecule has 35 heavy (non-hydrogen) atoms. The molecule has 1 saturated carbocycles. The zero-order valence-corrected chi connectivity index (χ0v) is 19.4. The van der Waals surface area contributed by atoms with Crippen molar-refractivity contribution >= 4 is 16.8 Å². The summed E-state index contributed by atoms with van der Waals surface area (Å²) in [6.45, 7) is 0. The SMILES string of the molecule is O=C(NC1CCCCC(CCc2c(F)cccc2F)C1)c1ccc2[nH]nc(-c3ccncc3)c2c1. The summed E-state index contributed by atoms with van der Waals surface area (Å²) >= 11 is 0. The van der Waals surface area contributed by atoms with Crippen molar-refractivity contribution in [1.82, 2.24) is 20.5 Å². The van der Waals surface area contributed by atoms with Gasteiger partial charge in [-0.05, 0) is 74.1 Å². The molecule has 2 unspecified atom stereocenters. The van der Waals surface area contributed by atoms with Crippen molar-refractivity contribution in [3.8, 4) is 11.3 Å². The van der Waals surface area contributed by atoms with Crippen molar-refractivity contribution in [3.63, 3.8) is 0 Å². The van der Waals surface area contributed by atoms with Gasteiger partial charge in [-0.3, -0.25) is 14.9 Å². The number of halogens is 2. The fourth-order valence-electron chi connectivity index (χ4n) is 5.13. The highest BCUT2D eigenvalue weighted by Gasteiger charge is 2.23. The summed E-state index contributed by atoms with van der Waals surface area (Å²) in [5.41, 5.74) is 3.33. The maximum Gasteiger partial charge on any atom is 0.251 e. The molecule has 7 heteroatoms. The van der Waals surface area contributed by atoms with Gasteiger partial charge in [-0.15, -0.1) is 0 Å². The number of hydrogen-bond donors (Lipinski definition) is 2. The van der Waals surface area contributed by atoms with E-state index in [0.29, 0.717) is 24.3 Å². The zero-order chi connectivity index (χ0) is 24.2. The van der Waals surface area contributed by atoms with Crippen LogP contribution in [0, 0.1) is 17.6 Å². The maximum atomic E-state index is 14.0. The van der Waals surface area contributed by atoms with Crippen molar-refractivity contribution in [2.24, 2.45) is 5.92 Å². The molecule has 0 aliphatic heterocycles. The highest BCUT2D eigenvalue weighted by molar-refractivity contribution is 6.01. The monoisotopic (exact) mass is 474 g/mol. The molecule has 2 aromatic heterocycles. The van der Waals surface area contributed by atoms with E-state index in [4.69, 9.17) is 0 Å². The zero-order valence-electron chi connectivity index (χ0n) is 19.4. The molecule has 2 heterocycles. The van der Waals surface area contributed by atoms with E-state index < -0.39 is 11.6 Å². The summed E-state index contributed by atoms with van der Waals surface area (Å²) in [4.78, 5) is 17.2. The van der Waals surface area contributed by atoms with Gasteiger partial charge in [0.2, 0.25) is 0 Å². The third-order valence-corrected chi connectivity index (χ3v) is 7.01. The Bertz CT molecular complexity index is 1300. The molecule has 0 bridgehead atoms. The second-order valence-corrected chi connectivity index (χ2v) is 9.36. The van der Waals surface area contributed by atoms with Crippen molar-refractivity contribution < 1.29 is 13.6 Å². The Kier molecular flexibility index (Phi) is 6.84. The molecule has 5 nitrogen and oxygen atoms in total. The fourth-order valence-corrected chi connectivity index (χ4v) is 5.13. The van der Waals surface area contributed by atoms with Crippen molar-refractivity contribution in [2.45, 2.75) is 51.0 Å². The lowest BCUT2D eigenvalue weighted by molar-refractivity contribution is 0.0930. The Morgan fingerprint density at radius 2 is 1.80 bits per heavy atom. The van der Waals surface area contributed by atoms with Gasteiger partial charge >= 0.3 is 0 Å². The van der Waals surface area contributed by atoms with Crippen LogP contribution in [0.5, 0.6) is 0 Å². The van der Waals surface area contributed by atoms with Gasteiger partial charge in [0.1, 0.15) is 17.3 Å². The largest absolute Gasteiger partial charge is 0.349 e. The fraction of sp³-hybridized carbons (Fsp3) is 0.321. The highest BCUT2D eigenvalue weighted by atomic mass is 19.1. The third-order valence-electron chi connectivity index (χ3n) is 7.01. The van der Waals surface area contributed by atoms with E-state index in [1.807, 2.05) is 24.3 Å². The number of aromatic nitrogens is 3. The van der Waals surface area contributed by atoms with Gasteiger partial charge in [0, 0.05) is 40.5 Å². The van der Waals surface area contributed by atoms with Crippen molar-refractivity contribution in [2.75, 3.05) is 0 Å². The van der Waals surface area contributed by atoms with Crippen LogP contribution >= 0.6 is 0 Å². The van der Waals surface area contributed by atoms with Crippen LogP contribution in [0.4, 0.5) is 8.78 Å². The minimum absolute atomic E-state index is 0.0418. The number of amides is 1. The normalized spacial score (nSPS) is 18.3. The average molecular weight is 475 g/mol. The predicted molar refractivity (Wildman–Crippen MR) is 132 cm³/mol. The number of nitrogens with zero attached hydrogens (tertiary/aromatic N) is 2. The predicted octanol–water partition coefficient (Wildman–Crippen LogP) is 6.21. The van der Waals surface area contributed by atoms with E-state index in [1.165, 1.54) is 18.2 Å². The van der Waals surface area contributed by atoms with Gasteiger partial charge in [-0.2, -0.15) is 5.10 Å². The van der Waals surface area contributed by atoms with Gasteiger partial charge in [-0.1, -0.05) is 25.3 Å². The minimum atomic E-state index is -0.482. The lowest BCUT2D eigenvalue weighted by Crippen LogP contribution is -2.35. The van der Waals surface area contributed by atoms with Crippen LogP contribution in [0.2, 0.25) is 0 Å². The molecule has 180 valence electrons. The molecule has 2 atom stereocenters. The number of H-pyrrole nitrogens is 1. The molecule has 1 amide bonds. The topological polar surface area (TPSA) is 70.7 Å². The Hall–Kier alpha value is -3.61. The van der Waals surface area contributed by atoms with Crippen molar-refractivity contribution in [1.29, 1.82) is 0 Å². The van der Waals surface area contributed by atoms with E-state index in [9.17, 15) is 13.6 Å². The Labute approximate surface area is 203 Å². The molecule has 2 aromatic carbocycles. The number of carbonyl (C=O) groups excluding carboxylic acids is 1. The van der Waals surface area contributed by atoms with Gasteiger partial charge in [0.25, 0.3) is 5.91 Å². The first kappa shape index (κ1) is 23.1. The summed E-state index contributed by atoms with van der Waals surface area (Å²) in [6, 6.07) is 13.4. The average Bonchev–Trinajstić information content (AvgIpc) is 3.17. The molecule has 2 N–H and O–H groups in total. The van der Waals surface area contributed by atoms with Crippen LogP contribution < -0.4 is 5.32 Å². The smallest absolute Gasteiger partial charge is 0.251 e.